The molecule has 4 aromatic rings. The van der Waals surface area contributed by atoms with E-state index in [1.54, 1.807) is 0 Å². The summed E-state index contributed by atoms with van der Waals surface area (Å²) in [5.41, 5.74) is 2.74. The summed E-state index contributed by atoms with van der Waals surface area (Å²) in [6.07, 6.45) is 0.695. The average Bonchev–Trinajstić information content (AvgIpc) is 2.83. The van der Waals surface area contributed by atoms with Crippen molar-refractivity contribution in [3.05, 3.63) is 124 Å². The summed E-state index contributed by atoms with van der Waals surface area (Å²) in [6.45, 7) is 0.501. The molecule has 0 aliphatic carbocycles. The minimum atomic E-state index is -0.372. The van der Waals surface area contributed by atoms with Gasteiger partial charge in [-0.15, -0.1) is 0 Å². The van der Waals surface area contributed by atoms with Gasteiger partial charge in [-0.25, -0.2) is 4.68 Å². The van der Waals surface area contributed by atoms with Crippen LogP contribution in [0.5, 0.6) is 5.75 Å². The highest BCUT2D eigenvalue weighted by molar-refractivity contribution is 6.03. The molecule has 0 saturated carbocycles. The van der Waals surface area contributed by atoms with Gasteiger partial charge in [0.2, 0.25) is 0 Å². The fourth-order valence-corrected chi connectivity index (χ4v) is 3.30. The van der Waals surface area contributed by atoms with Crippen molar-refractivity contribution < 1.29 is 9.53 Å². The van der Waals surface area contributed by atoms with Crippen LogP contribution in [0.1, 0.15) is 21.6 Å². The second-order valence-corrected chi connectivity index (χ2v) is 7.22. The first-order valence-corrected chi connectivity index (χ1v) is 10.4. The molecular formula is C26H23N3O3. The van der Waals surface area contributed by atoms with Gasteiger partial charge in [0.15, 0.2) is 0 Å². The van der Waals surface area contributed by atoms with Crippen LogP contribution in [0.4, 0.5) is 5.69 Å². The Balaban J connectivity index is 1.45. The number of para-hydroxylation sites is 2. The molecule has 0 spiro atoms. The molecule has 0 bridgehead atoms. The van der Waals surface area contributed by atoms with Crippen LogP contribution in [0.2, 0.25) is 0 Å². The van der Waals surface area contributed by atoms with E-state index < -0.39 is 0 Å². The van der Waals surface area contributed by atoms with E-state index in [0.717, 1.165) is 11.1 Å². The lowest BCUT2D eigenvalue weighted by Crippen LogP contribution is -2.28. The first kappa shape index (κ1) is 21.1. The summed E-state index contributed by atoms with van der Waals surface area (Å²) >= 11 is 0. The number of hydrogen-bond acceptors (Lipinski definition) is 4. The molecule has 0 saturated heterocycles. The Morgan fingerprint density at radius 1 is 0.844 bits per heavy atom. The number of rotatable bonds is 8. The second kappa shape index (κ2) is 10.2. The Hall–Kier alpha value is -4.19. The summed E-state index contributed by atoms with van der Waals surface area (Å²) in [6, 6.07) is 29.8. The van der Waals surface area contributed by atoms with E-state index >= 15 is 0 Å². The van der Waals surface area contributed by atoms with Crippen LogP contribution >= 0.6 is 0 Å². The van der Waals surface area contributed by atoms with E-state index in [0.29, 0.717) is 17.9 Å². The van der Waals surface area contributed by atoms with E-state index in [-0.39, 0.29) is 30.3 Å². The maximum absolute atomic E-state index is 12.9. The maximum atomic E-state index is 12.9. The van der Waals surface area contributed by atoms with Crippen molar-refractivity contribution in [2.45, 2.75) is 13.0 Å². The summed E-state index contributed by atoms with van der Waals surface area (Å²) < 4.78 is 6.88. The Labute approximate surface area is 186 Å². The van der Waals surface area contributed by atoms with E-state index in [1.807, 2.05) is 84.9 Å². The molecule has 160 valence electrons. The SMILES string of the molecule is O=C(Nc1ccccc1Cc1ccccc1)c1ccc(=O)n(CCOc2ccccc2)n1. The number of amides is 1. The molecule has 1 heterocycles. The molecule has 6 nitrogen and oxygen atoms in total. The largest absolute Gasteiger partial charge is 0.492 e. The fraction of sp³-hybridized carbons (Fsp3) is 0.115. The van der Waals surface area contributed by atoms with Gasteiger partial charge >= 0.3 is 0 Å². The standard InChI is InChI=1S/C26H23N3O3/c30-25-16-15-24(28-29(25)17-18-32-22-12-5-2-6-13-22)26(31)27-23-14-8-7-11-21(23)19-20-9-3-1-4-10-20/h1-16H,17-19H2,(H,27,31). The van der Waals surface area contributed by atoms with Crippen LogP contribution in [0.25, 0.3) is 0 Å². The Bertz CT molecular complexity index is 1240. The zero-order valence-corrected chi connectivity index (χ0v) is 17.5. The molecule has 0 atom stereocenters. The maximum Gasteiger partial charge on any atom is 0.276 e. The zero-order valence-electron chi connectivity index (χ0n) is 17.5. The molecule has 1 aromatic heterocycles. The Kier molecular flexibility index (Phi) is 6.72. The summed E-state index contributed by atoms with van der Waals surface area (Å²) in [5.74, 6) is 0.340. The third-order valence-electron chi connectivity index (χ3n) is 4.92. The van der Waals surface area contributed by atoms with Crippen molar-refractivity contribution in [2.75, 3.05) is 11.9 Å². The molecule has 1 amide bonds. The van der Waals surface area contributed by atoms with Crippen LogP contribution in [0, 0.1) is 0 Å². The average molecular weight is 425 g/mol. The van der Waals surface area contributed by atoms with Gasteiger partial charge in [0.25, 0.3) is 11.5 Å². The van der Waals surface area contributed by atoms with Gasteiger partial charge in [-0.1, -0.05) is 66.7 Å². The predicted octanol–water partition coefficient (Wildman–Crippen LogP) is 4.17. The molecule has 4 rings (SSSR count). The van der Waals surface area contributed by atoms with Crippen LogP contribution in [-0.2, 0) is 13.0 Å². The van der Waals surface area contributed by atoms with E-state index in [1.165, 1.54) is 16.8 Å². The number of aromatic nitrogens is 2. The molecule has 0 unspecified atom stereocenters. The lowest BCUT2D eigenvalue weighted by atomic mass is 10.0. The van der Waals surface area contributed by atoms with E-state index in [4.69, 9.17) is 4.74 Å². The van der Waals surface area contributed by atoms with Crippen molar-refractivity contribution in [1.29, 1.82) is 0 Å². The fourth-order valence-electron chi connectivity index (χ4n) is 3.30. The molecule has 0 aliphatic rings. The first-order chi connectivity index (χ1) is 15.7. The highest BCUT2D eigenvalue weighted by atomic mass is 16.5. The number of nitrogens with zero attached hydrogens (tertiary/aromatic N) is 2. The number of benzene rings is 3. The predicted molar refractivity (Wildman–Crippen MR) is 124 cm³/mol. The number of nitrogens with one attached hydrogen (secondary N) is 1. The highest BCUT2D eigenvalue weighted by Crippen LogP contribution is 2.19. The van der Waals surface area contributed by atoms with Gasteiger partial charge < -0.3 is 10.1 Å². The van der Waals surface area contributed by atoms with Crippen LogP contribution < -0.4 is 15.6 Å². The van der Waals surface area contributed by atoms with Crippen LogP contribution in [0.15, 0.2) is 102 Å². The Morgan fingerprint density at radius 2 is 1.53 bits per heavy atom. The van der Waals surface area contributed by atoms with Gasteiger partial charge in [0, 0.05) is 11.8 Å². The monoisotopic (exact) mass is 425 g/mol. The van der Waals surface area contributed by atoms with E-state index in [9.17, 15) is 9.59 Å². The summed E-state index contributed by atoms with van der Waals surface area (Å²) in [7, 11) is 0. The minimum Gasteiger partial charge on any atom is -0.492 e. The third kappa shape index (κ3) is 5.49. The third-order valence-corrected chi connectivity index (χ3v) is 4.92. The van der Waals surface area contributed by atoms with Crippen LogP contribution in [-0.4, -0.2) is 22.3 Å². The van der Waals surface area contributed by atoms with Gasteiger partial charge in [0.1, 0.15) is 18.1 Å². The second-order valence-electron chi connectivity index (χ2n) is 7.22. The number of carbonyl (C=O) groups excluding carboxylic acids is 1. The Morgan fingerprint density at radius 3 is 2.31 bits per heavy atom. The quantitative estimate of drug-likeness (QED) is 0.460. The number of hydrogen-bond donors (Lipinski definition) is 1. The molecule has 0 fully saturated rings. The van der Waals surface area contributed by atoms with Crippen molar-refractivity contribution in [3.8, 4) is 5.75 Å². The first-order valence-electron chi connectivity index (χ1n) is 10.4. The lowest BCUT2D eigenvalue weighted by Gasteiger charge is -2.12. The smallest absolute Gasteiger partial charge is 0.276 e. The van der Waals surface area contributed by atoms with E-state index in [2.05, 4.69) is 10.4 Å². The molecule has 32 heavy (non-hydrogen) atoms. The van der Waals surface area contributed by atoms with Crippen LogP contribution in [0.3, 0.4) is 0 Å². The van der Waals surface area contributed by atoms with Gasteiger partial charge in [-0.3, -0.25) is 9.59 Å². The molecule has 0 radical (unpaired) electrons. The van der Waals surface area contributed by atoms with Crippen molar-refractivity contribution in [1.82, 2.24) is 9.78 Å². The van der Waals surface area contributed by atoms with Gasteiger partial charge in [-0.2, -0.15) is 5.10 Å². The van der Waals surface area contributed by atoms with Crippen molar-refractivity contribution >= 4 is 11.6 Å². The van der Waals surface area contributed by atoms with Crippen molar-refractivity contribution in [3.63, 3.8) is 0 Å². The molecule has 3 aromatic carbocycles. The number of anilines is 1. The van der Waals surface area contributed by atoms with Crippen molar-refractivity contribution in [2.24, 2.45) is 0 Å². The summed E-state index contributed by atoms with van der Waals surface area (Å²) in [4.78, 5) is 25.0. The lowest BCUT2D eigenvalue weighted by molar-refractivity contribution is 0.101. The number of carbonyl (C=O) groups is 1. The zero-order chi connectivity index (χ0) is 22.2. The van der Waals surface area contributed by atoms with Gasteiger partial charge in [-0.05, 0) is 41.8 Å². The minimum absolute atomic E-state index is 0.166. The number of ether oxygens (including phenoxy) is 1. The van der Waals surface area contributed by atoms with Gasteiger partial charge in [0.05, 0.1) is 6.54 Å². The summed E-state index contributed by atoms with van der Waals surface area (Å²) in [5, 5.41) is 7.15. The molecule has 6 heteroatoms. The highest BCUT2D eigenvalue weighted by Gasteiger charge is 2.12. The molecule has 0 aliphatic heterocycles. The normalized spacial score (nSPS) is 10.5. The molecule has 1 N–H and O–H groups in total. The molecular weight excluding hydrogens is 402 g/mol. The topological polar surface area (TPSA) is 73.2 Å².